The lowest BCUT2D eigenvalue weighted by Gasteiger charge is -1.99. The predicted molar refractivity (Wildman–Crippen MR) is 62.4 cm³/mol. The van der Waals surface area contributed by atoms with Crippen LogP contribution in [0.5, 0.6) is 0 Å². The Morgan fingerprint density at radius 1 is 1.06 bits per heavy atom. The topological polar surface area (TPSA) is 97.4 Å². The molecule has 1 aromatic carbocycles. The Kier molecular flexibility index (Phi) is 4.21. The summed E-state index contributed by atoms with van der Waals surface area (Å²) in [6.45, 7) is 0. The maximum Gasteiger partial charge on any atom is 0.153 e. The maximum absolute atomic E-state index is 12.7. The molecule has 0 spiro atoms. The van der Waals surface area contributed by atoms with Crippen LogP contribution in [-0.4, -0.2) is 0 Å². The Balaban J connectivity index is 3.26. The zero-order valence-corrected chi connectivity index (χ0v) is 9.18. The third kappa shape index (κ3) is 2.95. The van der Waals surface area contributed by atoms with E-state index in [4.69, 9.17) is 21.5 Å². The molecule has 18 heavy (non-hydrogen) atoms. The molecule has 0 aliphatic heterocycles. The average molecular weight is 238 g/mol. The average Bonchev–Trinajstić information content (AvgIpc) is 2.39. The van der Waals surface area contributed by atoms with Gasteiger partial charge in [-0.25, -0.2) is 4.39 Å². The minimum absolute atomic E-state index is 0.0142. The number of hydrogen-bond acceptors (Lipinski definition) is 4. The Hall–Kier alpha value is -3.10. The first kappa shape index (κ1) is 13.0. The Morgan fingerprint density at radius 3 is 2.06 bits per heavy atom. The molecule has 0 aliphatic rings. The molecule has 0 fully saturated rings. The second kappa shape index (κ2) is 5.84. The highest BCUT2D eigenvalue weighted by Gasteiger charge is 2.07. The van der Waals surface area contributed by atoms with Crippen LogP contribution in [0.1, 0.15) is 5.56 Å². The number of nitrogens with zero attached hydrogens (tertiary/aromatic N) is 3. The fraction of sp³-hybridized carbons (Fsp3) is 0. The second-order valence-corrected chi connectivity index (χ2v) is 3.23. The number of allylic oxidation sites excluding steroid dienone is 2. The van der Waals surface area contributed by atoms with Crippen molar-refractivity contribution in [1.29, 1.82) is 15.8 Å². The number of rotatable bonds is 2. The lowest BCUT2D eigenvalue weighted by molar-refractivity contribution is 0.628. The first-order valence-electron chi connectivity index (χ1n) is 4.80. The molecule has 0 unspecified atom stereocenters. The molecule has 0 radical (unpaired) electrons. The van der Waals surface area contributed by atoms with E-state index in [0.29, 0.717) is 5.56 Å². The summed E-state index contributed by atoms with van der Waals surface area (Å²) in [7, 11) is 0. The van der Waals surface area contributed by atoms with Gasteiger partial charge in [-0.05, 0) is 23.8 Å². The van der Waals surface area contributed by atoms with Gasteiger partial charge in [0.1, 0.15) is 24.0 Å². The molecule has 0 atom stereocenters. The fourth-order valence-electron chi connectivity index (χ4n) is 1.18. The van der Waals surface area contributed by atoms with E-state index in [9.17, 15) is 4.39 Å². The maximum atomic E-state index is 12.7. The molecule has 2 N–H and O–H groups in total. The van der Waals surface area contributed by atoms with Gasteiger partial charge in [0.05, 0.1) is 11.3 Å². The van der Waals surface area contributed by atoms with Crippen molar-refractivity contribution in [2.24, 2.45) is 5.73 Å². The van der Waals surface area contributed by atoms with Gasteiger partial charge in [-0.3, -0.25) is 0 Å². The molecule has 0 aromatic heterocycles. The largest absolute Gasteiger partial charge is 0.396 e. The molecule has 0 heterocycles. The highest BCUT2D eigenvalue weighted by atomic mass is 19.1. The van der Waals surface area contributed by atoms with Crippen molar-refractivity contribution in [1.82, 2.24) is 0 Å². The summed E-state index contributed by atoms with van der Waals surface area (Å²) in [6, 6.07) is 10.4. The van der Waals surface area contributed by atoms with Gasteiger partial charge in [0.15, 0.2) is 5.57 Å². The third-order valence-electron chi connectivity index (χ3n) is 2.08. The molecule has 0 saturated heterocycles. The highest BCUT2D eigenvalue weighted by molar-refractivity contribution is 5.66. The lowest BCUT2D eigenvalue weighted by Crippen LogP contribution is -2.03. The van der Waals surface area contributed by atoms with Crippen LogP contribution in [0, 0.1) is 39.8 Å². The molecule has 5 heteroatoms. The summed E-state index contributed by atoms with van der Waals surface area (Å²) in [4.78, 5) is 0. The zero-order valence-electron chi connectivity index (χ0n) is 9.18. The van der Waals surface area contributed by atoms with Crippen LogP contribution in [-0.2, 0) is 0 Å². The van der Waals surface area contributed by atoms with E-state index in [2.05, 4.69) is 0 Å². The first-order valence-corrected chi connectivity index (χ1v) is 4.80. The molecular formula is C13H7FN4. The summed E-state index contributed by atoms with van der Waals surface area (Å²) in [6.07, 6.45) is 1.38. The number of nitrogens with two attached hydrogens (primary N) is 1. The van der Waals surface area contributed by atoms with E-state index in [0.717, 1.165) is 0 Å². The minimum Gasteiger partial charge on any atom is -0.396 e. The van der Waals surface area contributed by atoms with E-state index in [1.54, 1.807) is 18.2 Å². The summed E-state index contributed by atoms with van der Waals surface area (Å²) >= 11 is 0. The highest BCUT2D eigenvalue weighted by Crippen LogP contribution is 2.14. The van der Waals surface area contributed by atoms with Crippen molar-refractivity contribution in [3.05, 3.63) is 52.5 Å². The van der Waals surface area contributed by atoms with Gasteiger partial charge in [0, 0.05) is 0 Å². The molecule has 1 rings (SSSR count). The monoisotopic (exact) mass is 238 g/mol. The van der Waals surface area contributed by atoms with Crippen molar-refractivity contribution in [3.8, 4) is 18.2 Å². The minimum atomic E-state index is -0.399. The molecule has 4 nitrogen and oxygen atoms in total. The van der Waals surface area contributed by atoms with Crippen molar-refractivity contribution < 1.29 is 4.39 Å². The van der Waals surface area contributed by atoms with E-state index in [1.807, 2.05) is 0 Å². The Bertz CT molecular complexity index is 618. The van der Waals surface area contributed by atoms with Crippen molar-refractivity contribution in [2.45, 2.75) is 0 Å². The number of hydrogen-bond donors (Lipinski definition) is 1. The quantitative estimate of drug-likeness (QED) is 0.629. The van der Waals surface area contributed by atoms with E-state index in [-0.39, 0.29) is 16.8 Å². The van der Waals surface area contributed by atoms with Gasteiger partial charge >= 0.3 is 0 Å². The van der Waals surface area contributed by atoms with E-state index < -0.39 is 5.82 Å². The van der Waals surface area contributed by atoms with Crippen molar-refractivity contribution >= 4 is 6.08 Å². The van der Waals surface area contributed by atoms with E-state index in [1.165, 1.54) is 30.3 Å². The van der Waals surface area contributed by atoms with Crippen LogP contribution >= 0.6 is 0 Å². The smallest absolute Gasteiger partial charge is 0.153 e. The standard InChI is InChI=1S/C13H7FN4/c14-12-3-1-9(2-4-12)5-10(6-15)13(18)11(7-16)8-17/h1-5H,18H2/b10-5-. The molecule has 86 valence electrons. The van der Waals surface area contributed by atoms with Crippen LogP contribution in [0.4, 0.5) is 4.39 Å². The molecule has 0 amide bonds. The summed E-state index contributed by atoms with van der Waals surface area (Å²) in [5, 5.41) is 26.2. The summed E-state index contributed by atoms with van der Waals surface area (Å²) in [5.74, 6) is -0.399. The zero-order chi connectivity index (χ0) is 13.5. The first-order chi connectivity index (χ1) is 8.62. The summed E-state index contributed by atoms with van der Waals surface area (Å²) in [5.41, 5.74) is 5.56. The predicted octanol–water partition coefficient (Wildman–Crippen LogP) is 1.99. The Morgan fingerprint density at radius 2 is 1.61 bits per heavy atom. The van der Waals surface area contributed by atoms with Crippen LogP contribution in [0.25, 0.3) is 6.08 Å². The summed E-state index contributed by atoms with van der Waals surface area (Å²) < 4.78 is 12.7. The second-order valence-electron chi connectivity index (χ2n) is 3.23. The van der Waals surface area contributed by atoms with Gasteiger partial charge in [-0.1, -0.05) is 12.1 Å². The van der Waals surface area contributed by atoms with Crippen LogP contribution < -0.4 is 5.73 Å². The van der Waals surface area contributed by atoms with E-state index >= 15 is 0 Å². The molecule has 0 saturated carbocycles. The van der Waals surface area contributed by atoms with Gasteiger partial charge < -0.3 is 5.73 Å². The molecular weight excluding hydrogens is 231 g/mol. The Labute approximate surface area is 103 Å². The molecule has 0 bridgehead atoms. The van der Waals surface area contributed by atoms with Crippen molar-refractivity contribution in [2.75, 3.05) is 0 Å². The van der Waals surface area contributed by atoms with Gasteiger partial charge in [-0.2, -0.15) is 15.8 Å². The van der Waals surface area contributed by atoms with Gasteiger partial charge in [0.25, 0.3) is 0 Å². The van der Waals surface area contributed by atoms with Gasteiger partial charge in [0.2, 0.25) is 0 Å². The lowest BCUT2D eigenvalue weighted by atomic mass is 10.1. The van der Waals surface area contributed by atoms with Crippen LogP contribution in [0.3, 0.4) is 0 Å². The van der Waals surface area contributed by atoms with Gasteiger partial charge in [-0.15, -0.1) is 0 Å². The number of halogens is 1. The molecule has 1 aromatic rings. The van der Waals surface area contributed by atoms with Crippen LogP contribution in [0.15, 0.2) is 41.1 Å². The normalized spacial score (nSPS) is 9.78. The third-order valence-corrected chi connectivity index (χ3v) is 2.08. The number of benzene rings is 1. The number of nitriles is 3. The fourth-order valence-corrected chi connectivity index (χ4v) is 1.18. The SMILES string of the molecule is N#CC(C#N)=C(N)/C(C#N)=C\c1ccc(F)cc1. The molecule has 0 aliphatic carbocycles. The van der Waals surface area contributed by atoms with Crippen molar-refractivity contribution in [3.63, 3.8) is 0 Å². The van der Waals surface area contributed by atoms with Crippen LogP contribution in [0.2, 0.25) is 0 Å².